The minimum atomic E-state index is -0.881. The van der Waals surface area contributed by atoms with Crippen LogP contribution < -0.4 is 0 Å². The van der Waals surface area contributed by atoms with E-state index in [1.165, 1.54) is 0 Å². The van der Waals surface area contributed by atoms with E-state index in [2.05, 4.69) is 0 Å². The van der Waals surface area contributed by atoms with Crippen molar-refractivity contribution in [3.05, 3.63) is 35.4 Å². The predicted molar refractivity (Wildman–Crippen MR) is 89.1 cm³/mol. The number of carbonyl (C=O) groups is 3. The van der Waals surface area contributed by atoms with Gasteiger partial charge in [-0.05, 0) is 44.2 Å². The molecule has 1 aromatic rings. The second kappa shape index (κ2) is 6.81. The summed E-state index contributed by atoms with van der Waals surface area (Å²) in [6, 6.07) is 6.45. The standard InChI is InChI=1S/C19H21NO6/c21-16-13-5-1-2-6-14(13)17(22)20(16)26-18(23)19(8-11-24-12-9-19)15-7-3-4-10-25-15/h1-2,5-6,15H,3-4,7-12H2. The molecule has 7 nitrogen and oxygen atoms in total. The number of ether oxygens (including phenoxy) is 2. The fourth-order valence-corrected chi connectivity index (χ4v) is 3.99. The molecule has 0 saturated carbocycles. The third-order valence-corrected chi connectivity index (χ3v) is 5.52. The van der Waals surface area contributed by atoms with E-state index in [-0.39, 0.29) is 17.2 Å². The van der Waals surface area contributed by atoms with Crippen LogP contribution >= 0.6 is 0 Å². The van der Waals surface area contributed by atoms with Gasteiger partial charge in [0.1, 0.15) is 5.41 Å². The minimum absolute atomic E-state index is 0.250. The van der Waals surface area contributed by atoms with Crippen molar-refractivity contribution in [3.63, 3.8) is 0 Å². The molecule has 7 heteroatoms. The summed E-state index contributed by atoms with van der Waals surface area (Å²) >= 11 is 0. The molecule has 3 aliphatic heterocycles. The van der Waals surface area contributed by atoms with E-state index in [4.69, 9.17) is 14.3 Å². The number of rotatable bonds is 3. The highest BCUT2D eigenvalue weighted by Gasteiger charge is 2.51. The van der Waals surface area contributed by atoms with Crippen LogP contribution in [0, 0.1) is 5.41 Å². The van der Waals surface area contributed by atoms with Gasteiger partial charge in [0, 0.05) is 19.8 Å². The Morgan fingerprint density at radius 3 is 2.27 bits per heavy atom. The van der Waals surface area contributed by atoms with E-state index in [1.807, 2.05) is 0 Å². The van der Waals surface area contributed by atoms with Gasteiger partial charge in [-0.1, -0.05) is 17.2 Å². The first-order valence-electron chi connectivity index (χ1n) is 9.03. The number of hydrogen-bond donors (Lipinski definition) is 0. The van der Waals surface area contributed by atoms with Crippen LogP contribution in [0.4, 0.5) is 0 Å². The normalized spacial score (nSPS) is 25.1. The molecular weight excluding hydrogens is 338 g/mol. The van der Waals surface area contributed by atoms with Crippen LogP contribution in [0.15, 0.2) is 24.3 Å². The van der Waals surface area contributed by atoms with Gasteiger partial charge in [-0.3, -0.25) is 9.59 Å². The van der Waals surface area contributed by atoms with Crippen molar-refractivity contribution in [2.75, 3.05) is 19.8 Å². The Labute approximate surface area is 151 Å². The zero-order chi connectivity index (χ0) is 18.1. The Hall–Kier alpha value is -2.25. The lowest BCUT2D eigenvalue weighted by Gasteiger charge is -2.42. The van der Waals surface area contributed by atoms with Gasteiger partial charge < -0.3 is 14.3 Å². The first-order chi connectivity index (χ1) is 12.6. The summed E-state index contributed by atoms with van der Waals surface area (Å²) in [5, 5.41) is 0.590. The van der Waals surface area contributed by atoms with E-state index in [0.29, 0.717) is 37.7 Å². The molecule has 0 spiro atoms. The smallest absolute Gasteiger partial charge is 0.342 e. The monoisotopic (exact) mass is 359 g/mol. The topological polar surface area (TPSA) is 82.1 Å². The molecular formula is C19H21NO6. The number of hydrogen-bond acceptors (Lipinski definition) is 6. The number of carbonyl (C=O) groups excluding carboxylic acids is 3. The lowest BCUT2D eigenvalue weighted by atomic mass is 9.73. The molecule has 2 saturated heterocycles. The van der Waals surface area contributed by atoms with E-state index in [1.54, 1.807) is 24.3 Å². The third-order valence-electron chi connectivity index (χ3n) is 5.52. The van der Waals surface area contributed by atoms with Gasteiger partial charge in [0.25, 0.3) is 11.8 Å². The first kappa shape index (κ1) is 17.2. The van der Waals surface area contributed by atoms with Crippen LogP contribution in [0.5, 0.6) is 0 Å². The molecule has 1 aromatic carbocycles. The van der Waals surface area contributed by atoms with Crippen molar-refractivity contribution in [1.29, 1.82) is 0 Å². The maximum atomic E-state index is 13.1. The Bertz CT molecular complexity index is 698. The Morgan fingerprint density at radius 1 is 1.04 bits per heavy atom. The quantitative estimate of drug-likeness (QED) is 0.769. The van der Waals surface area contributed by atoms with Gasteiger partial charge in [-0.15, -0.1) is 0 Å². The number of hydroxylamine groups is 2. The summed E-state index contributed by atoms with van der Waals surface area (Å²) in [5.74, 6) is -1.79. The fraction of sp³-hybridized carbons (Fsp3) is 0.526. The van der Waals surface area contributed by atoms with Crippen molar-refractivity contribution in [2.45, 2.75) is 38.2 Å². The molecule has 0 aliphatic carbocycles. The summed E-state index contributed by atoms with van der Waals surface area (Å²) in [5.41, 5.74) is -0.380. The Balaban J connectivity index is 1.57. The first-order valence-corrected chi connectivity index (χ1v) is 9.03. The molecule has 1 unspecified atom stereocenters. The number of fused-ring (bicyclic) bond motifs is 1. The zero-order valence-corrected chi connectivity index (χ0v) is 14.4. The van der Waals surface area contributed by atoms with Gasteiger partial charge in [-0.25, -0.2) is 4.79 Å². The molecule has 138 valence electrons. The third kappa shape index (κ3) is 2.71. The molecule has 3 heterocycles. The molecule has 0 aromatic heterocycles. The number of benzene rings is 1. The second-order valence-electron chi connectivity index (χ2n) is 6.95. The van der Waals surface area contributed by atoms with Crippen molar-refractivity contribution in [2.24, 2.45) is 5.41 Å². The molecule has 0 bridgehead atoms. The highest BCUT2D eigenvalue weighted by atomic mass is 16.7. The van der Waals surface area contributed by atoms with Gasteiger partial charge in [0.15, 0.2) is 0 Å². The fourth-order valence-electron chi connectivity index (χ4n) is 3.99. The van der Waals surface area contributed by atoms with E-state index < -0.39 is 23.2 Å². The maximum Gasteiger partial charge on any atom is 0.342 e. The van der Waals surface area contributed by atoms with Gasteiger partial charge in [-0.2, -0.15) is 0 Å². The number of nitrogens with zero attached hydrogens (tertiary/aromatic N) is 1. The maximum absolute atomic E-state index is 13.1. The van der Waals surface area contributed by atoms with E-state index in [9.17, 15) is 14.4 Å². The molecule has 2 amide bonds. The van der Waals surface area contributed by atoms with E-state index in [0.717, 1.165) is 19.3 Å². The largest absolute Gasteiger partial charge is 0.381 e. The SMILES string of the molecule is O=C1c2ccccc2C(=O)N1OC(=O)C1(C2CCCCO2)CCOCC1. The summed E-state index contributed by atoms with van der Waals surface area (Å²) in [7, 11) is 0. The van der Waals surface area contributed by atoms with Crippen LogP contribution in [-0.2, 0) is 19.1 Å². The minimum Gasteiger partial charge on any atom is -0.381 e. The molecule has 26 heavy (non-hydrogen) atoms. The highest BCUT2D eigenvalue weighted by Crippen LogP contribution is 2.41. The molecule has 0 radical (unpaired) electrons. The zero-order valence-electron chi connectivity index (χ0n) is 14.4. The Kier molecular flexibility index (Phi) is 4.50. The lowest BCUT2D eigenvalue weighted by molar-refractivity contribution is -0.202. The summed E-state index contributed by atoms with van der Waals surface area (Å²) < 4.78 is 11.3. The highest BCUT2D eigenvalue weighted by molar-refractivity contribution is 6.20. The van der Waals surface area contributed by atoms with Crippen molar-refractivity contribution in [1.82, 2.24) is 5.06 Å². The van der Waals surface area contributed by atoms with Crippen LogP contribution in [0.25, 0.3) is 0 Å². The van der Waals surface area contributed by atoms with Crippen LogP contribution in [0.1, 0.15) is 52.8 Å². The van der Waals surface area contributed by atoms with Crippen LogP contribution in [0.3, 0.4) is 0 Å². The van der Waals surface area contributed by atoms with Gasteiger partial charge >= 0.3 is 5.97 Å². The molecule has 4 rings (SSSR count). The summed E-state index contributed by atoms with van der Waals surface area (Å²) in [6.45, 7) is 1.46. The Morgan fingerprint density at radius 2 is 1.69 bits per heavy atom. The molecule has 1 atom stereocenters. The average Bonchev–Trinajstić information content (AvgIpc) is 2.94. The summed E-state index contributed by atoms with van der Waals surface area (Å²) in [4.78, 5) is 43.4. The van der Waals surface area contributed by atoms with Crippen molar-refractivity contribution in [3.8, 4) is 0 Å². The van der Waals surface area contributed by atoms with Crippen molar-refractivity contribution >= 4 is 17.8 Å². The number of amides is 2. The molecule has 0 N–H and O–H groups in total. The summed E-state index contributed by atoms with van der Waals surface area (Å²) in [6.07, 6.45) is 3.35. The number of imide groups is 1. The van der Waals surface area contributed by atoms with Crippen LogP contribution in [-0.4, -0.2) is 48.8 Å². The second-order valence-corrected chi connectivity index (χ2v) is 6.95. The average molecular weight is 359 g/mol. The molecule has 3 aliphatic rings. The van der Waals surface area contributed by atoms with Gasteiger partial charge in [0.05, 0.1) is 17.2 Å². The lowest BCUT2D eigenvalue weighted by Crippen LogP contribution is -2.51. The molecule has 2 fully saturated rings. The van der Waals surface area contributed by atoms with Crippen LogP contribution in [0.2, 0.25) is 0 Å². The van der Waals surface area contributed by atoms with E-state index >= 15 is 0 Å². The predicted octanol–water partition coefficient (Wildman–Crippen LogP) is 2.11. The van der Waals surface area contributed by atoms with Gasteiger partial charge in [0.2, 0.25) is 0 Å². The van der Waals surface area contributed by atoms with Crippen molar-refractivity contribution < 1.29 is 28.7 Å².